The second-order valence-corrected chi connectivity index (χ2v) is 5.12. The number of benzene rings is 1. The number of unbranched alkanes of at least 4 members (excludes halogenated alkanes) is 1. The molecular weight excluding hydrogens is 309 g/mol. The Balaban J connectivity index is 2.02. The Morgan fingerprint density at radius 2 is 2.12 bits per heavy atom. The van der Waals surface area contributed by atoms with Crippen LogP contribution < -0.4 is 10.2 Å². The fraction of sp³-hybridized carbons (Fsp3) is 0.294. The lowest BCUT2D eigenvalue weighted by atomic mass is 9.84. The van der Waals surface area contributed by atoms with Crippen LogP contribution in [0, 0.1) is 0 Å². The summed E-state index contributed by atoms with van der Waals surface area (Å²) in [5, 5.41) is 18.3. The second kappa shape index (κ2) is 9.05. The first-order chi connectivity index (χ1) is 11.7. The molecule has 2 aromatic rings. The molecular formula is C17H19BNO5. The van der Waals surface area contributed by atoms with Gasteiger partial charge in [-0.25, -0.2) is 9.78 Å². The Hall–Kier alpha value is -2.38. The molecule has 0 fully saturated rings. The predicted octanol–water partition coefficient (Wildman–Crippen LogP) is 1.56. The van der Waals surface area contributed by atoms with Crippen LogP contribution in [-0.2, 0) is 11.3 Å². The first-order valence-electron chi connectivity index (χ1n) is 7.70. The lowest BCUT2D eigenvalue weighted by Crippen LogP contribution is -2.18. The zero-order valence-corrected chi connectivity index (χ0v) is 13.4. The maximum absolute atomic E-state index is 11.8. The van der Waals surface area contributed by atoms with Gasteiger partial charge in [0.2, 0.25) is 5.88 Å². The van der Waals surface area contributed by atoms with Gasteiger partial charge < -0.3 is 19.6 Å². The topological polar surface area (TPSA) is 88.9 Å². The zero-order chi connectivity index (χ0) is 17.4. The molecule has 0 unspecified atom stereocenters. The average molecular weight is 328 g/mol. The molecule has 24 heavy (non-hydrogen) atoms. The molecule has 1 radical (unpaired) electrons. The number of rotatable bonds is 8. The molecule has 1 aromatic heterocycles. The number of nitrogens with zero attached hydrogens (tertiary/aromatic N) is 1. The molecule has 0 saturated heterocycles. The summed E-state index contributed by atoms with van der Waals surface area (Å²) in [6, 6.07) is 8.04. The van der Waals surface area contributed by atoms with Gasteiger partial charge in [0, 0.05) is 12.3 Å². The highest BCUT2D eigenvalue weighted by atomic mass is 16.5. The van der Waals surface area contributed by atoms with Crippen LogP contribution in [0.1, 0.15) is 35.7 Å². The predicted molar refractivity (Wildman–Crippen MR) is 89.5 cm³/mol. The van der Waals surface area contributed by atoms with E-state index in [1.54, 1.807) is 30.3 Å². The van der Waals surface area contributed by atoms with Crippen LogP contribution in [0.3, 0.4) is 0 Å². The van der Waals surface area contributed by atoms with Crippen molar-refractivity contribution in [2.45, 2.75) is 26.4 Å². The molecule has 0 aliphatic rings. The second-order valence-electron chi connectivity index (χ2n) is 5.12. The Labute approximate surface area is 141 Å². The van der Waals surface area contributed by atoms with Crippen LogP contribution in [0.5, 0.6) is 11.6 Å². The van der Waals surface area contributed by atoms with Gasteiger partial charge in [-0.2, -0.15) is 0 Å². The van der Waals surface area contributed by atoms with Crippen molar-refractivity contribution in [1.82, 2.24) is 4.98 Å². The first-order valence-corrected chi connectivity index (χ1v) is 7.70. The van der Waals surface area contributed by atoms with Crippen molar-refractivity contribution in [3.05, 3.63) is 47.7 Å². The third-order valence-corrected chi connectivity index (χ3v) is 3.35. The van der Waals surface area contributed by atoms with Gasteiger partial charge in [-0.3, -0.25) is 0 Å². The molecule has 2 rings (SSSR count). The van der Waals surface area contributed by atoms with Crippen molar-refractivity contribution in [3.8, 4) is 11.6 Å². The fourth-order valence-corrected chi connectivity index (χ4v) is 1.98. The minimum atomic E-state index is -0.409. The number of pyridine rings is 1. The lowest BCUT2D eigenvalue weighted by molar-refractivity contribution is 0.0499. The van der Waals surface area contributed by atoms with Gasteiger partial charge >= 0.3 is 13.5 Å². The van der Waals surface area contributed by atoms with Crippen LogP contribution in [-0.4, -0.2) is 35.2 Å². The average Bonchev–Trinajstić information content (AvgIpc) is 2.62. The number of carbonyl (C=O) groups excluding carboxylic acids is 1. The van der Waals surface area contributed by atoms with Crippen LogP contribution >= 0.6 is 0 Å². The highest BCUT2D eigenvalue weighted by molar-refractivity contribution is 6.46. The van der Waals surface area contributed by atoms with E-state index in [0.717, 1.165) is 20.3 Å². The Kier molecular flexibility index (Phi) is 6.78. The normalized spacial score (nSPS) is 10.3. The SMILES string of the molecule is CCCCOC(=O)c1ccc(Oc2ccc([B]O)c(CO)c2)nc1. The largest absolute Gasteiger partial charge is 0.462 e. The number of hydrogen-bond acceptors (Lipinski definition) is 6. The molecule has 125 valence electrons. The fourth-order valence-electron chi connectivity index (χ4n) is 1.98. The first kappa shape index (κ1) is 18.0. The maximum atomic E-state index is 11.8. The molecule has 0 saturated carbocycles. The molecule has 0 bridgehead atoms. The van der Waals surface area contributed by atoms with E-state index < -0.39 is 5.97 Å². The van der Waals surface area contributed by atoms with Crippen molar-refractivity contribution in [1.29, 1.82) is 0 Å². The van der Waals surface area contributed by atoms with Crippen molar-refractivity contribution in [3.63, 3.8) is 0 Å². The van der Waals surface area contributed by atoms with E-state index in [1.807, 2.05) is 6.92 Å². The molecule has 0 aliphatic heterocycles. The number of hydrogen-bond donors (Lipinski definition) is 2. The Morgan fingerprint density at radius 1 is 1.29 bits per heavy atom. The van der Waals surface area contributed by atoms with E-state index in [9.17, 15) is 9.90 Å². The summed E-state index contributed by atoms with van der Waals surface area (Å²) in [7, 11) is 0.923. The lowest BCUT2D eigenvalue weighted by Gasteiger charge is -2.09. The summed E-state index contributed by atoms with van der Waals surface area (Å²) in [6.45, 7) is 2.19. The molecule has 1 heterocycles. The highest BCUT2D eigenvalue weighted by Gasteiger charge is 2.09. The van der Waals surface area contributed by atoms with Crippen molar-refractivity contribution in [2.24, 2.45) is 0 Å². The number of carbonyl (C=O) groups is 1. The van der Waals surface area contributed by atoms with E-state index in [-0.39, 0.29) is 6.61 Å². The Bertz CT molecular complexity index is 675. The van der Waals surface area contributed by atoms with Gasteiger partial charge in [0.25, 0.3) is 0 Å². The number of aromatic nitrogens is 1. The summed E-state index contributed by atoms with van der Waals surface area (Å²) in [6.07, 6.45) is 3.18. The van der Waals surface area contributed by atoms with Crippen LogP contribution in [0.25, 0.3) is 0 Å². The van der Waals surface area contributed by atoms with Crippen molar-refractivity contribution in [2.75, 3.05) is 6.61 Å². The van der Waals surface area contributed by atoms with E-state index >= 15 is 0 Å². The third-order valence-electron chi connectivity index (χ3n) is 3.35. The summed E-state index contributed by atoms with van der Waals surface area (Å²) < 4.78 is 10.7. The summed E-state index contributed by atoms with van der Waals surface area (Å²) in [5.41, 5.74) is 1.41. The van der Waals surface area contributed by atoms with Crippen LogP contribution in [0.4, 0.5) is 0 Å². The van der Waals surface area contributed by atoms with Crippen LogP contribution in [0.2, 0.25) is 0 Å². The van der Waals surface area contributed by atoms with E-state index in [4.69, 9.17) is 14.5 Å². The quantitative estimate of drug-likeness (QED) is 0.434. The monoisotopic (exact) mass is 328 g/mol. The minimum absolute atomic E-state index is 0.223. The van der Waals surface area contributed by atoms with E-state index in [0.29, 0.717) is 34.8 Å². The molecule has 0 spiro atoms. The standard InChI is InChI=1S/C17H19BNO5/c1-2-3-8-23-17(21)12-4-7-16(19-10-12)24-14-5-6-15(18-22)13(9-14)11-20/h4-7,9-10,20,22H,2-3,8,11H2,1H3. The molecule has 0 amide bonds. The van der Waals surface area contributed by atoms with Gasteiger partial charge in [-0.05, 0) is 35.6 Å². The summed E-state index contributed by atoms with van der Waals surface area (Å²) in [4.78, 5) is 15.9. The van der Waals surface area contributed by atoms with Crippen LogP contribution in [0.15, 0.2) is 36.5 Å². The smallest absolute Gasteiger partial charge is 0.339 e. The maximum Gasteiger partial charge on any atom is 0.339 e. The number of aliphatic hydroxyl groups is 1. The number of esters is 1. The molecule has 0 atom stereocenters. The van der Waals surface area contributed by atoms with E-state index in [1.165, 1.54) is 6.20 Å². The number of ether oxygens (including phenoxy) is 2. The third kappa shape index (κ3) is 4.81. The zero-order valence-electron chi connectivity index (χ0n) is 13.4. The van der Waals surface area contributed by atoms with Gasteiger partial charge in [0.05, 0.1) is 18.8 Å². The minimum Gasteiger partial charge on any atom is -0.462 e. The number of aliphatic hydroxyl groups excluding tert-OH is 1. The summed E-state index contributed by atoms with van der Waals surface area (Å²) in [5.74, 6) is 0.369. The summed E-state index contributed by atoms with van der Waals surface area (Å²) >= 11 is 0. The Morgan fingerprint density at radius 3 is 2.75 bits per heavy atom. The van der Waals surface area contributed by atoms with Gasteiger partial charge in [0.1, 0.15) is 5.75 Å². The molecule has 1 aromatic carbocycles. The van der Waals surface area contributed by atoms with Crippen molar-refractivity contribution < 1.29 is 24.4 Å². The van der Waals surface area contributed by atoms with Gasteiger partial charge in [0.15, 0.2) is 0 Å². The molecule has 7 heteroatoms. The highest BCUT2D eigenvalue weighted by Crippen LogP contribution is 2.20. The van der Waals surface area contributed by atoms with Crippen molar-refractivity contribution >= 4 is 18.9 Å². The van der Waals surface area contributed by atoms with Gasteiger partial charge in [-0.15, -0.1) is 0 Å². The molecule has 6 nitrogen and oxygen atoms in total. The van der Waals surface area contributed by atoms with E-state index in [2.05, 4.69) is 4.98 Å². The molecule has 0 aliphatic carbocycles. The van der Waals surface area contributed by atoms with Gasteiger partial charge in [-0.1, -0.05) is 19.4 Å². The molecule has 2 N–H and O–H groups in total.